The molecule has 0 bridgehead atoms. The lowest BCUT2D eigenvalue weighted by Crippen LogP contribution is -2.41. The van der Waals surface area contributed by atoms with Gasteiger partial charge in [-0.15, -0.1) is 0 Å². The van der Waals surface area contributed by atoms with Crippen LogP contribution in [0, 0.1) is 11.7 Å². The van der Waals surface area contributed by atoms with Crippen molar-refractivity contribution in [2.24, 2.45) is 11.7 Å². The Morgan fingerprint density at radius 1 is 1.42 bits per heavy atom. The fourth-order valence-corrected chi connectivity index (χ4v) is 2.47. The van der Waals surface area contributed by atoms with Gasteiger partial charge in [-0.25, -0.2) is 4.39 Å². The number of halogens is 1. The normalized spacial score (nSPS) is 22.1. The zero-order valence-corrected chi connectivity index (χ0v) is 11.5. The average Bonchev–Trinajstić information content (AvgIpc) is 2.35. The molecule has 1 aliphatic carbocycles. The highest BCUT2D eigenvalue weighted by atomic mass is 19.1. The van der Waals surface area contributed by atoms with E-state index in [0.717, 1.165) is 43.8 Å². The van der Waals surface area contributed by atoms with E-state index in [1.165, 1.54) is 0 Å². The summed E-state index contributed by atoms with van der Waals surface area (Å²) in [6.07, 6.45) is 3.09. The fourth-order valence-electron chi connectivity index (χ4n) is 2.47. The molecule has 1 saturated carbocycles. The molecule has 3 nitrogen and oxygen atoms in total. The Kier molecular flexibility index (Phi) is 5.16. The summed E-state index contributed by atoms with van der Waals surface area (Å²) in [5.41, 5.74) is 6.74. The van der Waals surface area contributed by atoms with Gasteiger partial charge < -0.3 is 15.8 Å². The Morgan fingerprint density at radius 2 is 2.21 bits per heavy atom. The van der Waals surface area contributed by atoms with Crippen LogP contribution in [0.2, 0.25) is 0 Å². The molecule has 0 amide bonds. The third-order valence-electron chi connectivity index (χ3n) is 3.59. The van der Waals surface area contributed by atoms with Gasteiger partial charge in [0.25, 0.3) is 0 Å². The molecule has 1 aliphatic rings. The third-order valence-corrected chi connectivity index (χ3v) is 3.59. The van der Waals surface area contributed by atoms with E-state index in [4.69, 9.17) is 10.5 Å². The highest BCUT2D eigenvalue weighted by molar-refractivity contribution is 5.29. The van der Waals surface area contributed by atoms with Gasteiger partial charge in [0.1, 0.15) is 0 Å². The van der Waals surface area contributed by atoms with E-state index >= 15 is 0 Å². The molecule has 1 aromatic carbocycles. The molecule has 106 valence electrons. The summed E-state index contributed by atoms with van der Waals surface area (Å²) in [5.74, 6) is 0.791. The van der Waals surface area contributed by atoms with Crippen molar-refractivity contribution in [1.82, 2.24) is 5.32 Å². The van der Waals surface area contributed by atoms with Crippen LogP contribution in [0.25, 0.3) is 0 Å². The summed E-state index contributed by atoms with van der Waals surface area (Å²) < 4.78 is 18.8. The molecule has 4 heteroatoms. The zero-order chi connectivity index (χ0) is 13.7. The van der Waals surface area contributed by atoms with Gasteiger partial charge in [0.05, 0.1) is 6.61 Å². The molecule has 2 rings (SSSR count). The molecule has 3 N–H and O–H groups in total. The van der Waals surface area contributed by atoms with E-state index in [1.807, 2.05) is 13.0 Å². The van der Waals surface area contributed by atoms with Crippen molar-refractivity contribution in [3.05, 3.63) is 29.6 Å². The molecule has 0 heterocycles. The predicted octanol–water partition coefficient (Wildman–Crippen LogP) is 2.09. The van der Waals surface area contributed by atoms with Crippen LogP contribution < -0.4 is 15.8 Å². The number of benzene rings is 1. The molecular weight excluding hydrogens is 243 g/mol. The maximum absolute atomic E-state index is 13.6. The Bertz CT molecular complexity index is 405. The molecule has 0 radical (unpaired) electrons. The summed E-state index contributed by atoms with van der Waals surface area (Å²) in [6.45, 7) is 4.23. The first kappa shape index (κ1) is 14.3. The van der Waals surface area contributed by atoms with Gasteiger partial charge in [-0.1, -0.05) is 6.07 Å². The van der Waals surface area contributed by atoms with Gasteiger partial charge >= 0.3 is 0 Å². The minimum Gasteiger partial charge on any atom is -0.491 e. The highest BCUT2D eigenvalue weighted by Crippen LogP contribution is 2.24. The summed E-state index contributed by atoms with van der Waals surface area (Å²) in [4.78, 5) is 0. The van der Waals surface area contributed by atoms with Crippen LogP contribution in [0.3, 0.4) is 0 Å². The smallest absolute Gasteiger partial charge is 0.165 e. The Labute approximate surface area is 114 Å². The quantitative estimate of drug-likeness (QED) is 0.743. The Balaban J connectivity index is 1.69. The minimum absolute atomic E-state index is 0.274. The molecule has 0 spiro atoms. The summed E-state index contributed by atoms with van der Waals surface area (Å²) in [5, 5.41) is 3.41. The van der Waals surface area contributed by atoms with Crippen LogP contribution in [0.1, 0.15) is 25.3 Å². The lowest BCUT2D eigenvalue weighted by Gasteiger charge is -2.32. The van der Waals surface area contributed by atoms with Gasteiger partial charge in [-0.2, -0.15) is 0 Å². The fraction of sp³-hybridized carbons (Fsp3) is 0.600. The zero-order valence-electron chi connectivity index (χ0n) is 11.5. The second kappa shape index (κ2) is 6.87. The van der Waals surface area contributed by atoms with Crippen molar-refractivity contribution in [3.63, 3.8) is 0 Å². The van der Waals surface area contributed by atoms with Crippen LogP contribution in [-0.2, 0) is 6.42 Å². The predicted molar refractivity (Wildman–Crippen MR) is 74.8 cm³/mol. The number of hydrogen-bond acceptors (Lipinski definition) is 3. The van der Waals surface area contributed by atoms with E-state index in [-0.39, 0.29) is 5.82 Å². The molecule has 0 unspecified atom stereocenters. The van der Waals surface area contributed by atoms with Gasteiger partial charge in [-0.3, -0.25) is 0 Å². The largest absolute Gasteiger partial charge is 0.491 e. The third kappa shape index (κ3) is 4.18. The van der Waals surface area contributed by atoms with Crippen LogP contribution in [-0.4, -0.2) is 25.7 Å². The standard InChI is InChI=1S/C15H23FN2O/c1-2-19-15-4-3-11(9-14(15)16)5-6-18-10-12-7-13(17)8-12/h3-4,9,12-13,18H,2,5-8,10,17H2,1H3. The van der Waals surface area contributed by atoms with Crippen LogP contribution in [0.5, 0.6) is 5.75 Å². The van der Waals surface area contributed by atoms with E-state index in [0.29, 0.717) is 18.4 Å². The maximum Gasteiger partial charge on any atom is 0.165 e. The van der Waals surface area contributed by atoms with E-state index in [9.17, 15) is 4.39 Å². The second-order valence-electron chi connectivity index (χ2n) is 5.25. The topological polar surface area (TPSA) is 47.3 Å². The summed E-state index contributed by atoms with van der Waals surface area (Å²) in [6, 6.07) is 5.60. The minimum atomic E-state index is -0.274. The SMILES string of the molecule is CCOc1ccc(CCNCC2CC(N)C2)cc1F. The highest BCUT2D eigenvalue weighted by Gasteiger charge is 2.24. The van der Waals surface area contributed by atoms with Gasteiger partial charge in [0.2, 0.25) is 0 Å². The second-order valence-corrected chi connectivity index (χ2v) is 5.25. The summed E-state index contributed by atoms with van der Waals surface area (Å²) in [7, 11) is 0. The Morgan fingerprint density at radius 3 is 2.84 bits per heavy atom. The van der Waals surface area contributed by atoms with Crippen LogP contribution in [0.4, 0.5) is 4.39 Å². The van der Waals surface area contributed by atoms with Crippen molar-refractivity contribution in [1.29, 1.82) is 0 Å². The average molecular weight is 266 g/mol. The van der Waals surface area contributed by atoms with Gasteiger partial charge in [-0.05, 0) is 62.9 Å². The summed E-state index contributed by atoms with van der Waals surface area (Å²) >= 11 is 0. The van der Waals surface area contributed by atoms with E-state index in [1.54, 1.807) is 12.1 Å². The van der Waals surface area contributed by atoms with E-state index < -0.39 is 0 Å². The van der Waals surface area contributed by atoms with Gasteiger partial charge in [0, 0.05) is 6.04 Å². The first-order chi connectivity index (χ1) is 9.19. The van der Waals surface area contributed by atoms with Crippen molar-refractivity contribution in [2.75, 3.05) is 19.7 Å². The lowest BCUT2D eigenvalue weighted by atomic mass is 9.81. The first-order valence-corrected chi connectivity index (χ1v) is 7.06. The molecule has 0 atom stereocenters. The van der Waals surface area contributed by atoms with Crippen molar-refractivity contribution >= 4 is 0 Å². The first-order valence-electron chi connectivity index (χ1n) is 7.06. The molecule has 19 heavy (non-hydrogen) atoms. The number of nitrogens with two attached hydrogens (primary N) is 1. The Hall–Kier alpha value is -1.13. The number of hydrogen-bond donors (Lipinski definition) is 2. The number of rotatable bonds is 7. The van der Waals surface area contributed by atoms with Crippen LogP contribution in [0.15, 0.2) is 18.2 Å². The molecular formula is C15H23FN2O. The van der Waals surface area contributed by atoms with Crippen molar-refractivity contribution < 1.29 is 9.13 Å². The maximum atomic E-state index is 13.6. The molecule has 0 aromatic heterocycles. The number of nitrogens with one attached hydrogen (secondary N) is 1. The van der Waals surface area contributed by atoms with E-state index in [2.05, 4.69) is 5.32 Å². The molecule has 0 saturated heterocycles. The monoisotopic (exact) mass is 266 g/mol. The lowest BCUT2D eigenvalue weighted by molar-refractivity contribution is 0.257. The van der Waals surface area contributed by atoms with Crippen LogP contribution >= 0.6 is 0 Å². The molecule has 1 aromatic rings. The molecule has 0 aliphatic heterocycles. The van der Waals surface area contributed by atoms with Crippen molar-refractivity contribution in [3.8, 4) is 5.75 Å². The van der Waals surface area contributed by atoms with Gasteiger partial charge in [0.15, 0.2) is 11.6 Å². The van der Waals surface area contributed by atoms with Crippen molar-refractivity contribution in [2.45, 2.75) is 32.2 Å². The number of ether oxygens (including phenoxy) is 1. The molecule has 1 fully saturated rings.